The minimum atomic E-state index is -0.895. The molecule has 11 nitrogen and oxygen atoms in total. The molecule has 0 radical (unpaired) electrons. The van der Waals surface area contributed by atoms with E-state index in [9.17, 15) is 19.2 Å². The second kappa shape index (κ2) is 19.4. The van der Waals surface area contributed by atoms with E-state index in [0.717, 1.165) is 24.8 Å². The molecule has 1 aliphatic heterocycles. The van der Waals surface area contributed by atoms with Crippen LogP contribution >= 0.6 is 0 Å². The lowest BCUT2D eigenvalue weighted by Crippen LogP contribution is -2.59. The number of hydrogen-bond acceptors (Lipinski definition) is 7. The van der Waals surface area contributed by atoms with Crippen LogP contribution in [0.25, 0.3) is 0 Å². The van der Waals surface area contributed by atoms with E-state index in [1.807, 2.05) is 65.0 Å². The van der Waals surface area contributed by atoms with E-state index in [2.05, 4.69) is 21.3 Å². The molecule has 0 spiro atoms. The zero-order valence-electron chi connectivity index (χ0n) is 27.4. The van der Waals surface area contributed by atoms with Gasteiger partial charge in [0.1, 0.15) is 18.1 Å². The van der Waals surface area contributed by atoms with E-state index in [-0.39, 0.29) is 29.7 Å². The number of likely N-dealkylation sites (tertiary alicyclic amines) is 1. The molecule has 4 amide bonds. The fourth-order valence-corrected chi connectivity index (χ4v) is 5.65. The highest BCUT2D eigenvalue weighted by Gasteiger charge is 2.35. The van der Waals surface area contributed by atoms with Crippen LogP contribution in [0.1, 0.15) is 78.7 Å². The largest absolute Gasteiger partial charge is 0.343 e. The molecule has 5 unspecified atom stereocenters. The molecule has 44 heavy (non-hydrogen) atoms. The van der Waals surface area contributed by atoms with Crippen LogP contribution in [-0.2, 0) is 25.6 Å². The molecule has 0 bridgehead atoms. The highest BCUT2D eigenvalue weighted by molar-refractivity contribution is 5.95. The first-order valence-electron chi connectivity index (χ1n) is 16.4. The molecule has 0 aliphatic carbocycles. The van der Waals surface area contributed by atoms with Crippen molar-refractivity contribution in [1.29, 1.82) is 0 Å². The van der Waals surface area contributed by atoms with E-state index < -0.39 is 36.0 Å². The summed E-state index contributed by atoms with van der Waals surface area (Å²) in [5, 5.41) is 12.0. The smallest absolute Gasteiger partial charge is 0.245 e. The van der Waals surface area contributed by atoms with Gasteiger partial charge in [-0.2, -0.15) is 0 Å². The Hall–Kier alpha value is -3.02. The van der Waals surface area contributed by atoms with Crippen molar-refractivity contribution < 1.29 is 19.2 Å². The summed E-state index contributed by atoms with van der Waals surface area (Å²) >= 11 is 0. The minimum Gasteiger partial charge on any atom is -0.343 e. The summed E-state index contributed by atoms with van der Waals surface area (Å²) in [6, 6.07) is 6.48. The van der Waals surface area contributed by atoms with Gasteiger partial charge in [0.25, 0.3) is 0 Å². The van der Waals surface area contributed by atoms with Crippen molar-refractivity contribution in [3.63, 3.8) is 0 Å². The quantitative estimate of drug-likeness (QED) is 0.137. The van der Waals surface area contributed by atoms with Gasteiger partial charge in [0.15, 0.2) is 0 Å². The second-order valence-electron chi connectivity index (χ2n) is 12.7. The number of carbonyl (C=O) groups is 4. The topological polar surface area (TPSA) is 172 Å². The Morgan fingerprint density at radius 1 is 0.909 bits per heavy atom. The van der Waals surface area contributed by atoms with E-state index in [0.29, 0.717) is 51.9 Å². The minimum absolute atomic E-state index is 0.0211. The first kappa shape index (κ1) is 37.2. The number of nitrogens with one attached hydrogen (secondary N) is 4. The highest BCUT2D eigenvalue weighted by atomic mass is 16.2. The molecule has 2 rings (SSSR count). The number of nitrogens with two attached hydrogens (primary N) is 2. The van der Waals surface area contributed by atoms with Gasteiger partial charge in [0.05, 0.1) is 6.04 Å². The molecule has 248 valence electrons. The van der Waals surface area contributed by atoms with Crippen molar-refractivity contribution in [2.24, 2.45) is 23.3 Å². The van der Waals surface area contributed by atoms with Crippen molar-refractivity contribution >= 4 is 23.6 Å². The van der Waals surface area contributed by atoms with Crippen molar-refractivity contribution in [3.05, 3.63) is 35.9 Å². The third-order valence-electron chi connectivity index (χ3n) is 8.06. The Morgan fingerprint density at radius 2 is 1.55 bits per heavy atom. The predicted molar refractivity (Wildman–Crippen MR) is 174 cm³/mol. The molecular weight excluding hydrogens is 558 g/mol. The van der Waals surface area contributed by atoms with Crippen LogP contribution in [0.5, 0.6) is 0 Å². The van der Waals surface area contributed by atoms with Gasteiger partial charge in [0, 0.05) is 25.6 Å². The van der Waals surface area contributed by atoms with Crippen LogP contribution in [0.3, 0.4) is 0 Å². The summed E-state index contributed by atoms with van der Waals surface area (Å²) in [7, 11) is 0. The maximum atomic E-state index is 13.8. The lowest BCUT2D eigenvalue weighted by atomic mass is 9.99. The molecule has 1 aliphatic rings. The van der Waals surface area contributed by atoms with Gasteiger partial charge in [0.2, 0.25) is 23.6 Å². The maximum Gasteiger partial charge on any atom is 0.245 e. The van der Waals surface area contributed by atoms with E-state index in [1.54, 1.807) is 4.90 Å². The number of rotatable bonds is 19. The average molecular weight is 616 g/mol. The summed E-state index contributed by atoms with van der Waals surface area (Å²) in [5.74, 6) is -1.21. The van der Waals surface area contributed by atoms with Crippen LogP contribution < -0.4 is 32.7 Å². The Kier molecular flexibility index (Phi) is 16.4. The normalized spacial score (nSPS) is 17.7. The number of hydrogen-bond donors (Lipinski definition) is 6. The summed E-state index contributed by atoms with van der Waals surface area (Å²) in [5.41, 5.74) is 12.6. The van der Waals surface area contributed by atoms with Crippen LogP contribution in [0.15, 0.2) is 30.3 Å². The van der Waals surface area contributed by atoms with Gasteiger partial charge in [-0.3, -0.25) is 19.2 Å². The van der Waals surface area contributed by atoms with Gasteiger partial charge >= 0.3 is 0 Å². The molecule has 1 aromatic carbocycles. The molecule has 0 aromatic heterocycles. The Labute approximate surface area is 264 Å². The standard InChI is InChI=1S/C33H57N7O4/c1-6-17-36-29(23(4)5)32(43)37-26(15-10-16-34)30(41)38-27(19-22(2)3)31(42)39-28(20-24-12-8-7-9-13-24)33(44)40-18-11-14-25(40)21-35/h7-9,12-13,22-23,25-29,36H,6,10-11,14-21,34-35H2,1-5H3,(H,37,43)(H,38,41)(H,39,42). The van der Waals surface area contributed by atoms with E-state index >= 15 is 0 Å². The fraction of sp³-hybridized carbons (Fsp3) is 0.697. The number of amides is 4. The molecule has 1 heterocycles. The number of nitrogens with zero attached hydrogens (tertiary/aromatic N) is 1. The molecule has 1 saturated heterocycles. The molecule has 1 fully saturated rings. The molecule has 5 atom stereocenters. The third-order valence-corrected chi connectivity index (χ3v) is 8.06. The number of benzene rings is 1. The SMILES string of the molecule is CCCNC(C(=O)NC(CCCN)C(=O)NC(CC(C)C)C(=O)NC(Cc1ccccc1)C(=O)N1CCCC1CN)C(C)C. The van der Waals surface area contributed by atoms with Crippen molar-refractivity contribution in [3.8, 4) is 0 Å². The fourth-order valence-electron chi connectivity index (χ4n) is 5.65. The Bertz CT molecular complexity index is 1040. The Morgan fingerprint density at radius 3 is 2.14 bits per heavy atom. The molecule has 0 saturated carbocycles. The van der Waals surface area contributed by atoms with Crippen LogP contribution in [0.2, 0.25) is 0 Å². The third kappa shape index (κ3) is 11.8. The first-order valence-corrected chi connectivity index (χ1v) is 16.4. The average Bonchev–Trinajstić information content (AvgIpc) is 3.47. The summed E-state index contributed by atoms with van der Waals surface area (Å²) in [4.78, 5) is 56.2. The summed E-state index contributed by atoms with van der Waals surface area (Å²) in [6.45, 7) is 11.9. The zero-order valence-corrected chi connectivity index (χ0v) is 27.4. The van der Waals surface area contributed by atoms with Gasteiger partial charge < -0.3 is 37.6 Å². The van der Waals surface area contributed by atoms with E-state index in [4.69, 9.17) is 11.5 Å². The lowest BCUT2D eigenvalue weighted by Gasteiger charge is -2.31. The number of carbonyl (C=O) groups excluding carboxylic acids is 4. The molecule has 8 N–H and O–H groups in total. The maximum absolute atomic E-state index is 13.8. The predicted octanol–water partition coefficient (Wildman–Crippen LogP) is 1.44. The highest BCUT2D eigenvalue weighted by Crippen LogP contribution is 2.19. The van der Waals surface area contributed by atoms with Gasteiger partial charge in [-0.25, -0.2) is 0 Å². The van der Waals surface area contributed by atoms with E-state index in [1.165, 1.54) is 0 Å². The molecular formula is C33H57N7O4. The second-order valence-corrected chi connectivity index (χ2v) is 12.7. The van der Waals surface area contributed by atoms with Crippen LogP contribution in [-0.4, -0.2) is 84.9 Å². The summed E-state index contributed by atoms with van der Waals surface area (Å²) in [6.07, 6.45) is 4.13. The summed E-state index contributed by atoms with van der Waals surface area (Å²) < 4.78 is 0. The van der Waals surface area contributed by atoms with Crippen molar-refractivity contribution in [2.75, 3.05) is 26.2 Å². The Balaban J connectivity index is 2.26. The molecule has 1 aromatic rings. The van der Waals surface area contributed by atoms with Crippen LogP contribution in [0, 0.1) is 11.8 Å². The van der Waals surface area contributed by atoms with Gasteiger partial charge in [-0.1, -0.05) is 65.0 Å². The van der Waals surface area contributed by atoms with Crippen LogP contribution in [0.4, 0.5) is 0 Å². The molecule has 11 heteroatoms. The monoisotopic (exact) mass is 615 g/mol. The van der Waals surface area contributed by atoms with Crippen molar-refractivity contribution in [2.45, 2.75) is 110 Å². The zero-order chi connectivity index (χ0) is 32.6. The van der Waals surface area contributed by atoms with Gasteiger partial charge in [-0.05, 0) is 69.0 Å². The lowest BCUT2D eigenvalue weighted by molar-refractivity contribution is -0.138. The van der Waals surface area contributed by atoms with Crippen molar-refractivity contribution in [1.82, 2.24) is 26.2 Å². The first-order chi connectivity index (χ1) is 21.0. The van der Waals surface area contributed by atoms with Gasteiger partial charge in [-0.15, -0.1) is 0 Å².